The standard InChI is InChI=1S/C23H25ClN2O3S/c1-15-2-3-17(13-22(27)28)12-20(15)29-11-8-16-6-9-26(10-7-16)23-25-19-5-4-18(24)14-21(19)30-23/h2-5,12,14,16H,6-11,13H2,1H3,(H,27,28). The number of hydrogen-bond donors (Lipinski definition) is 1. The zero-order valence-electron chi connectivity index (χ0n) is 16.9. The molecule has 0 atom stereocenters. The summed E-state index contributed by atoms with van der Waals surface area (Å²) in [7, 11) is 0. The normalized spacial score (nSPS) is 14.9. The molecule has 5 nitrogen and oxygen atoms in total. The summed E-state index contributed by atoms with van der Waals surface area (Å²) in [5, 5.41) is 10.8. The highest BCUT2D eigenvalue weighted by molar-refractivity contribution is 7.22. The van der Waals surface area contributed by atoms with E-state index in [4.69, 9.17) is 26.4 Å². The highest BCUT2D eigenvalue weighted by Gasteiger charge is 2.22. The number of rotatable bonds is 7. The summed E-state index contributed by atoms with van der Waals surface area (Å²) < 4.78 is 7.13. The number of carboxylic acids is 1. The molecule has 30 heavy (non-hydrogen) atoms. The SMILES string of the molecule is Cc1ccc(CC(=O)O)cc1OCCC1CCN(c2nc3ccc(Cl)cc3s2)CC1. The van der Waals surface area contributed by atoms with Crippen LogP contribution in [0.3, 0.4) is 0 Å². The molecule has 0 saturated carbocycles. The van der Waals surface area contributed by atoms with Gasteiger partial charge >= 0.3 is 5.97 Å². The van der Waals surface area contributed by atoms with Gasteiger partial charge in [-0.25, -0.2) is 4.98 Å². The molecule has 1 aliphatic rings. The Balaban J connectivity index is 1.27. The first kappa shape index (κ1) is 20.9. The third kappa shape index (κ3) is 5.05. The number of fused-ring (bicyclic) bond motifs is 1. The van der Waals surface area contributed by atoms with Crippen LogP contribution in [0, 0.1) is 12.8 Å². The van der Waals surface area contributed by atoms with Gasteiger partial charge in [0.15, 0.2) is 5.13 Å². The highest BCUT2D eigenvalue weighted by atomic mass is 35.5. The van der Waals surface area contributed by atoms with Crippen LogP contribution in [0.2, 0.25) is 5.02 Å². The van der Waals surface area contributed by atoms with Gasteiger partial charge < -0.3 is 14.7 Å². The van der Waals surface area contributed by atoms with Crippen LogP contribution >= 0.6 is 22.9 Å². The second kappa shape index (κ2) is 9.23. The van der Waals surface area contributed by atoms with Crippen LogP contribution in [0.25, 0.3) is 10.2 Å². The van der Waals surface area contributed by atoms with Gasteiger partial charge in [-0.05, 0) is 67.5 Å². The number of nitrogens with zero attached hydrogens (tertiary/aromatic N) is 2. The fraction of sp³-hybridized carbons (Fsp3) is 0.391. The Bertz CT molecular complexity index is 1040. The maximum atomic E-state index is 10.9. The van der Waals surface area contributed by atoms with Crippen molar-refractivity contribution in [3.05, 3.63) is 52.5 Å². The number of piperidine rings is 1. The molecule has 0 spiro atoms. The van der Waals surface area contributed by atoms with Crippen molar-refractivity contribution in [3.8, 4) is 5.75 Å². The molecule has 1 aromatic heterocycles. The van der Waals surface area contributed by atoms with E-state index in [0.717, 1.165) is 69.6 Å². The molecule has 7 heteroatoms. The summed E-state index contributed by atoms with van der Waals surface area (Å²) in [4.78, 5) is 18.1. The molecular weight excluding hydrogens is 420 g/mol. The van der Waals surface area contributed by atoms with Crippen molar-refractivity contribution < 1.29 is 14.6 Å². The Morgan fingerprint density at radius 2 is 2.07 bits per heavy atom. The van der Waals surface area contributed by atoms with Gasteiger partial charge in [0, 0.05) is 18.1 Å². The van der Waals surface area contributed by atoms with Gasteiger partial charge in [-0.3, -0.25) is 4.79 Å². The molecule has 1 N–H and O–H groups in total. The van der Waals surface area contributed by atoms with Gasteiger partial charge in [-0.15, -0.1) is 0 Å². The van der Waals surface area contributed by atoms with E-state index in [9.17, 15) is 4.79 Å². The fourth-order valence-corrected chi connectivity index (χ4v) is 5.15. The van der Waals surface area contributed by atoms with E-state index in [1.807, 2.05) is 43.3 Å². The average molecular weight is 445 g/mol. The van der Waals surface area contributed by atoms with Gasteiger partial charge in [0.05, 0.1) is 23.2 Å². The highest BCUT2D eigenvalue weighted by Crippen LogP contribution is 2.33. The summed E-state index contributed by atoms with van der Waals surface area (Å²) in [6, 6.07) is 11.5. The Morgan fingerprint density at radius 1 is 1.27 bits per heavy atom. The van der Waals surface area contributed by atoms with Crippen molar-refractivity contribution in [2.75, 3.05) is 24.6 Å². The molecule has 1 saturated heterocycles. The number of carboxylic acid groups (broad SMARTS) is 1. The molecular formula is C23H25ClN2O3S. The lowest BCUT2D eigenvalue weighted by molar-refractivity contribution is -0.136. The maximum absolute atomic E-state index is 10.9. The minimum Gasteiger partial charge on any atom is -0.493 e. The lowest BCUT2D eigenvalue weighted by atomic mass is 9.94. The van der Waals surface area contributed by atoms with Crippen LogP contribution in [0.15, 0.2) is 36.4 Å². The molecule has 2 aromatic carbocycles. The smallest absolute Gasteiger partial charge is 0.307 e. The quantitative estimate of drug-likeness (QED) is 0.516. The van der Waals surface area contributed by atoms with E-state index < -0.39 is 5.97 Å². The Kier molecular flexibility index (Phi) is 6.44. The van der Waals surface area contributed by atoms with Gasteiger partial charge in [0.25, 0.3) is 0 Å². The summed E-state index contributed by atoms with van der Waals surface area (Å²) >= 11 is 7.80. The monoisotopic (exact) mass is 444 g/mol. The Hall–Kier alpha value is -2.31. The molecule has 0 aliphatic carbocycles. The predicted molar refractivity (Wildman–Crippen MR) is 122 cm³/mol. The second-order valence-electron chi connectivity index (χ2n) is 7.85. The number of aromatic nitrogens is 1. The van der Waals surface area contributed by atoms with Crippen LogP contribution in [0.1, 0.15) is 30.4 Å². The van der Waals surface area contributed by atoms with E-state index >= 15 is 0 Å². The van der Waals surface area contributed by atoms with Crippen molar-refractivity contribution in [2.24, 2.45) is 5.92 Å². The van der Waals surface area contributed by atoms with E-state index in [-0.39, 0.29) is 6.42 Å². The number of ether oxygens (including phenoxy) is 1. The molecule has 0 unspecified atom stereocenters. The third-order valence-electron chi connectivity index (χ3n) is 5.62. The van der Waals surface area contributed by atoms with Crippen LogP contribution in [-0.4, -0.2) is 35.8 Å². The van der Waals surface area contributed by atoms with Crippen LogP contribution in [-0.2, 0) is 11.2 Å². The van der Waals surface area contributed by atoms with Crippen molar-refractivity contribution >= 4 is 44.3 Å². The first-order chi connectivity index (χ1) is 14.5. The van der Waals surface area contributed by atoms with Crippen molar-refractivity contribution in [1.82, 2.24) is 4.98 Å². The lowest BCUT2D eigenvalue weighted by Gasteiger charge is -2.31. The fourth-order valence-electron chi connectivity index (χ4n) is 3.85. The zero-order valence-corrected chi connectivity index (χ0v) is 18.5. The summed E-state index contributed by atoms with van der Waals surface area (Å²) in [6.45, 7) is 4.65. The molecule has 0 bridgehead atoms. The molecule has 2 heterocycles. The van der Waals surface area contributed by atoms with E-state index in [1.165, 1.54) is 0 Å². The molecule has 3 aromatic rings. The predicted octanol–water partition coefficient (Wildman–Crippen LogP) is 5.57. The molecule has 0 radical (unpaired) electrons. The molecule has 1 aliphatic heterocycles. The second-order valence-corrected chi connectivity index (χ2v) is 9.29. The van der Waals surface area contributed by atoms with Crippen LogP contribution in [0.4, 0.5) is 5.13 Å². The number of halogens is 1. The number of anilines is 1. The van der Waals surface area contributed by atoms with Crippen LogP contribution < -0.4 is 9.64 Å². The molecule has 158 valence electrons. The first-order valence-electron chi connectivity index (χ1n) is 10.2. The number of aryl methyl sites for hydroxylation is 1. The largest absolute Gasteiger partial charge is 0.493 e. The van der Waals surface area contributed by atoms with Crippen LogP contribution in [0.5, 0.6) is 5.75 Å². The summed E-state index contributed by atoms with van der Waals surface area (Å²) in [5.74, 6) is 0.597. The number of benzene rings is 2. The van der Waals surface area contributed by atoms with Crippen molar-refractivity contribution in [2.45, 2.75) is 32.6 Å². The average Bonchev–Trinajstić information content (AvgIpc) is 3.13. The number of aliphatic carboxylic acids is 1. The first-order valence-corrected chi connectivity index (χ1v) is 11.4. The van der Waals surface area contributed by atoms with Gasteiger partial charge in [0.1, 0.15) is 5.75 Å². The van der Waals surface area contributed by atoms with Crippen molar-refractivity contribution in [1.29, 1.82) is 0 Å². The molecule has 1 fully saturated rings. The van der Waals surface area contributed by atoms with E-state index in [0.29, 0.717) is 12.5 Å². The Morgan fingerprint density at radius 3 is 2.83 bits per heavy atom. The zero-order chi connectivity index (χ0) is 21.1. The Labute approximate surface area is 185 Å². The number of thiazole rings is 1. The van der Waals surface area contributed by atoms with Crippen molar-refractivity contribution in [3.63, 3.8) is 0 Å². The van der Waals surface area contributed by atoms with E-state index in [1.54, 1.807) is 11.3 Å². The summed E-state index contributed by atoms with van der Waals surface area (Å²) in [5.41, 5.74) is 2.82. The van der Waals surface area contributed by atoms with Gasteiger partial charge in [-0.2, -0.15) is 0 Å². The molecule has 4 rings (SSSR count). The summed E-state index contributed by atoms with van der Waals surface area (Å²) in [6.07, 6.45) is 3.27. The topological polar surface area (TPSA) is 62.7 Å². The number of hydrogen-bond acceptors (Lipinski definition) is 5. The third-order valence-corrected chi connectivity index (χ3v) is 6.93. The van der Waals surface area contributed by atoms with Gasteiger partial charge in [-0.1, -0.05) is 35.1 Å². The minimum absolute atomic E-state index is 0.0209. The van der Waals surface area contributed by atoms with E-state index in [2.05, 4.69) is 4.90 Å². The lowest BCUT2D eigenvalue weighted by Crippen LogP contribution is -2.34. The molecule has 0 amide bonds. The maximum Gasteiger partial charge on any atom is 0.307 e. The minimum atomic E-state index is -0.826. The number of carbonyl (C=O) groups is 1. The van der Waals surface area contributed by atoms with Gasteiger partial charge in [0.2, 0.25) is 0 Å².